The predicted octanol–water partition coefficient (Wildman–Crippen LogP) is 3.43. The quantitative estimate of drug-likeness (QED) is 0.854. The average molecular weight is 285 g/mol. The highest BCUT2D eigenvalue weighted by molar-refractivity contribution is 5.41. The Morgan fingerprint density at radius 3 is 2.67 bits per heavy atom. The van der Waals surface area contributed by atoms with E-state index in [0.717, 1.165) is 18.5 Å². The van der Waals surface area contributed by atoms with E-state index in [1.165, 1.54) is 11.1 Å². The monoisotopic (exact) mass is 285 g/mol. The van der Waals surface area contributed by atoms with E-state index < -0.39 is 0 Å². The maximum Gasteiger partial charge on any atom is 0.160 e. The lowest BCUT2D eigenvalue weighted by Gasteiger charge is -2.16. The maximum atomic E-state index is 9.59. The van der Waals surface area contributed by atoms with E-state index in [0.29, 0.717) is 11.8 Å². The molecule has 1 unspecified atom stereocenters. The smallest absolute Gasteiger partial charge is 0.160 e. The highest BCUT2D eigenvalue weighted by atomic mass is 16.5. The minimum atomic E-state index is 0.175. The summed E-state index contributed by atoms with van der Waals surface area (Å²) in [5.74, 6) is 0.690. The molecule has 2 rings (SSSR count). The second kappa shape index (κ2) is 7.14. The summed E-state index contributed by atoms with van der Waals surface area (Å²) in [6.45, 7) is 5.08. The molecule has 1 atom stereocenters. The Morgan fingerprint density at radius 2 is 1.95 bits per heavy atom. The lowest BCUT2D eigenvalue weighted by molar-refractivity contribution is 0.372. The van der Waals surface area contributed by atoms with Crippen LogP contribution in [0.3, 0.4) is 0 Å². The fourth-order valence-electron chi connectivity index (χ4n) is 2.37. The molecular weight excluding hydrogens is 262 g/mol. The number of phenolic OH excluding ortho intramolecular Hbond substituents is 1. The van der Waals surface area contributed by atoms with Crippen molar-refractivity contribution in [1.29, 1.82) is 0 Å². The van der Waals surface area contributed by atoms with E-state index in [2.05, 4.69) is 43.4 Å². The molecule has 0 spiro atoms. The van der Waals surface area contributed by atoms with Crippen LogP contribution in [0.5, 0.6) is 11.5 Å². The van der Waals surface area contributed by atoms with Crippen LogP contribution in [-0.2, 0) is 13.0 Å². The van der Waals surface area contributed by atoms with Gasteiger partial charge in [-0.3, -0.25) is 0 Å². The van der Waals surface area contributed by atoms with Gasteiger partial charge >= 0.3 is 0 Å². The number of benzene rings is 2. The summed E-state index contributed by atoms with van der Waals surface area (Å²) in [6, 6.07) is 14.3. The van der Waals surface area contributed by atoms with Crippen LogP contribution < -0.4 is 10.1 Å². The molecule has 0 aliphatic heterocycles. The van der Waals surface area contributed by atoms with Crippen molar-refractivity contribution in [2.45, 2.75) is 32.9 Å². The third kappa shape index (κ3) is 4.23. The van der Waals surface area contributed by atoms with Gasteiger partial charge in [0, 0.05) is 12.6 Å². The largest absolute Gasteiger partial charge is 0.504 e. The lowest BCUT2D eigenvalue weighted by Crippen LogP contribution is -2.27. The fraction of sp³-hybridized carbons (Fsp3) is 0.333. The number of ether oxygens (including phenoxy) is 1. The van der Waals surface area contributed by atoms with Crippen molar-refractivity contribution in [2.75, 3.05) is 7.11 Å². The summed E-state index contributed by atoms with van der Waals surface area (Å²) in [6.07, 6.45) is 1.00. The first-order valence-electron chi connectivity index (χ1n) is 7.24. The van der Waals surface area contributed by atoms with Crippen molar-refractivity contribution in [3.8, 4) is 11.5 Å². The Hall–Kier alpha value is -2.00. The molecule has 0 bridgehead atoms. The van der Waals surface area contributed by atoms with Gasteiger partial charge in [-0.1, -0.05) is 30.3 Å². The Balaban J connectivity index is 1.92. The number of hydrogen-bond donors (Lipinski definition) is 2. The van der Waals surface area contributed by atoms with Crippen LogP contribution in [0.1, 0.15) is 23.6 Å². The normalized spacial score (nSPS) is 12.1. The van der Waals surface area contributed by atoms with Crippen molar-refractivity contribution >= 4 is 0 Å². The fourth-order valence-corrected chi connectivity index (χ4v) is 2.37. The van der Waals surface area contributed by atoms with Gasteiger partial charge < -0.3 is 15.2 Å². The molecule has 0 aliphatic carbocycles. The van der Waals surface area contributed by atoms with Gasteiger partial charge in [0.25, 0.3) is 0 Å². The molecule has 0 amide bonds. The van der Waals surface area contributed by atoms with Gasteiger partial charge in [0.1, 0.15) is 0 Å². The number of hydrogen-bond acceptors (Lipinski definition) is 3. The zero-order valence-electron chi connectivity index (χ0n) is 12.9. The molecule has 2 aromatic carbocycles. The van der Waals surface area contributed by atoms with Crippen molar-refractivity contribution in [3.05, 3.63) is 59.2 Å². The summed E-state index contributed by atoms with van der Waals surface area (Å²) in [7, 11) is 1.56. The molecule has 21 heavy (non-hydrogen) atoms. The second-order valence-electron chi connectivity index (χ2n) is 5.42. The molecule has 0 aliphatic rings. The summed E-state index contributed by atoms with van der Waals surface area (Å²) in [5.41, 5.74) is 3.81. The molecule has 3 heteroatoms. The van der Waals surface area contributed by atoms with E-state index >= 15 is 0 Å². The molecule has 0 saturated carbocycles. The van der Waals surface area contributed by atoms with Crippen molar-refractivity contribution in [3.63, 3.8) is 0 Å². The molecule has 0 heterocycles. The number of aryl methyl sites for hydroxylation is 1. The van der Waals surface area contributed by atoms with E-state index in [4.69, 9.17) is 4.74 Å². The first kappa shape index (κ1) is 15.4. The standard InChI is InChI=1S/C18H23NO2/c1-13-6-4-5-7-16(13)10-14(2)19-12-15-8-9-17(20)18(11-15)21-3/h4-9,11,14,19-20H,10,12H2,1-3H3. The van der Waals surface area contributed by atoms with E-state index in [-0.39, 0.29) is 5.75 Å². The first-order valence-corrected chi connectivity index (χ1v) is 7.24. The number of phenols is 1. The highest BCUT2D eigenvalue weighted by Gasteiger charge is 2.07. The SMILES string of the molecule is COc1cc(CNC(C)Cc2ccccc2C)ccc1O. The zero-order chi connectivity index (χ0) is 15.2. The molecule has 2 N–H and O–H groups in total. The topological polar surface area (TPSA) is 41.5 Å². The van der Waals surface area contributed by atoms with Gasteiger partial charge in [0.15, 0.2) is 11.5 Å². The number of methoxy groups -OCH3 is 1. The number of nitrogens with one attached hydrogen (secondary N) is 1. The van der Waals surface area contributed by atoms with Crippen molar-refractivity contribution < 1.29 is 9.84 Å². The molecule has 3 nitrogen and oxygen atoms in total. The van der Waals surface area contributed by atoms with E-state index in [9.17, 15) is 5.11 Å². The lowest BCUT2D eigenvalue weighted by atomic mass is 10.0. The van der Waals surface area contributed by atoms with Crippen LogP contribution in [0.15, 0.2) is 42.5 Å². The van der Waals surface area contributed by atoms with Crippen LogP contribution >= 0.6 is 0 Å². The summed E-state index contributed by atoms with van der Waals surface area (Å²) >= 11 is 0. The average Bonchev–Trinajstić information content (AvgIpc) is 2.49. The van der Waals surface area contributed by atoms with E-state index in [1.54, 1.807) is 13.2 Å². The zero-order valence-corrected chi connectivity index (χ0v) is 12.9. The maximum absolute atomic E-state index is 9.59. The summed E-state index contributed by atoms with van der Waals surface area (Å²) in [4.78, 5) is 0. The first-order chi connectivity index (χ1) is 10.1. The Kier molecular flexibility index (Phi) is 5.23. The van der Waals surface area contributed by atoms with Gasteiger partial charge in [-0.05, 0) is 49.1 Å². The molecule has 0 radical (unpaired) electrons. The van der Waals surface area contributed by atoms with Gasteiger partial charge in [-0.2, -0.15) is 0 Å². The predicted molar refractivity (Wildman–Crippen MR) is 85.8 cm³/mol. The molecule has 0 saturated heterocycles. The van der Waals surface area contributed by atoms with Crippen LogP contribution in [-0.4, -0.2) is 18.3 Å². The number of aromatic hydroxyl groups is 1. The molecule has 0 fully saturated rings. The second-order valence-corrected chi connectivity index (χ2v) is 5.42. The molecule has 0 aromatic heterocycles. The Labute approximate surface area is 126 Å². The molecule has 2 aromatic rings. The third-order valence-electron chi connectivity index (χ3n) is 3.69. The minimum Gasteiger partial charge on any atom is -0.504 e. The summed E-state index contributed by atoms with van der Waals surface area (Å²) in [5, 5.41) is 13.1. The van der Waals surface area contributed by atoms with Gasteiger partial charge in [-0.25, -0.2) is 0 Å². The third-order valence-corrected chi connectivity index (χ3v) is 3.69. The minimum absolute atomic E-state index is 0.175. The molecular formula is C18H23NO2. The van der Waals surface area contributed by atoms with Crippen LogP contribution in [0, 0.1) is 6.92 Å². The van der Waals surface area contributed by atoms with Crippen LogP contribution in [0.25, 0.3) is 0 Å². The molecule has 112 valence electrons. The van der Waals surface area contributed by atoms with Crippen molar-refractivity contribution in [2.24, 2.45) is 0 Å². The van der Waals surface area contributed by atoms with Crippen LogP contribution in [0.2, 0.25) is 0 Å². The van der Waals surface area contributed by atoms with Crippen LogP contribution in [0.4, 0.5) is 0 Å². The van der Waals surface area contributed by atoms with Gasteiger partial charge in [0.2, 0.25) is 0 Å². The van der Waals surface area contributed by atoms with Crippen molar-refractivity contribution in [1.82, 2.24) is 5.32 Å². The Morgan fingerprint density at radius 1 is 1.19 bits per heavy atom. The summed E-state index contributed by atoms with van der Waals surface area (Å²) < 4.78 is 5.13. The van der Waals surface area contributed by atoms with Gasteiger partial charge in [-0.15, -0.1) is 0 Å². The highest BCUT2D eigenvalue weighted by Crippen LogP contribution is 2.26. The number of rotatable bonds is 6. The van der Waals surface area contributed by atoms with Gasteiger partial charge in [0.05, 0.1) is 7.11 Å². The van der Waals surface area contributed by atoms with E-state index in [1.807, 2.05) is 12.1 Å². The Bertz CT molecular complexity index is 596.